The fourth-order valence-electron chi connectivity index (χ4n) is 1.31. The van der Waals surface area contributed by atoms with Crippen molar-refractivity contribution in [3.05, 3.63) is 23.3 Å². The molecule has 0 aliphatic heterocycles. The van der Waals surface area contributed by atoms with E-state index in [1.807, 2.05) is 0 Å². The van der Waals surface area contributed by atoms with Crippen molar-refractivity contribution in [3.8, 4) is 0 Å². The number of nitrogens with zero attached hydrogens (tertiary/aromatic N) is 1. The monoisotopic (exact) mass is 242 g/mol. The molecule has 0 saturated heterocycles. The van der Waals surface area contributed by atoms with E-state index in [4.69, 9.17) is 17.2 Å². The van der Waals surface area contributed by atoms with E-state index in [9.17, 15) is 8.42 Å². The molecule has 0 fully saturated rings. The summed E-state index contributed by atoms with van der Waals surface area (Å²) >= 11 is 0. The van der Waals surface area contributed by atoms with Crippen LogP contribution in [0, 0.1) is 13.8 Å². The minimum Gasteiger partial charge on any atom is -0.399 e. The van der Waals surface area contributed by atoms with Gasteiger partial charge in [0.1, 0.15) is 0 Å². The maximum Gasteiger partial charge on any atom is 0.285 e. The van der Waals surface area contributed by atoms with Crippen LogP contribution in [0.5, 0.6) is 0 Å². The summed E-state index contributed by atoms with van der Waals surface area (Å²) in [5.41, 5.74) is 17.4. The van der Waals surface area contributed by atoms with E-state index in [1.54, 1.807) is 19.9 Å². The van der Waals surface area contributed by atoms with Crippen LogP contribution in [0.3, 0.4) is 0 Å². The lowest BCUT2D eigenvalue weighted by molar-refractivity contribution is 0.597. The molecule has 0 saturated carbocycles. The number of hydrogen-bond donors (Lipinski definition) is 3. The molecule has 7 heteroatoms. The van der Waals surface area contributed by atoms with Gasteiger partial charge in [-0.3, -0.25) is 0 Å². The number of aryl methyl sites for hydroxylation is 1. The van der Waals surface area contributed by atoms with E-state index in [0.29, 0.717) is 11.3 Å². The second-order valence-corrected chi connectivity index (χ2v) is 5.02. The summed E-state index contributed by atoms with van der Waals surface area (Å²) < 4.78 is 26.7. The van der Waals surface area contributed by atoms with E-state index >= 15 is 0 Å². The molecule has 0 aromatic heterocycles. The van der Waals surface area contributed by atoms with Gasteiger partial charge >= 0.3 is 0 Å². The summed E-state index contributed by atoms with van der Waals surface area (Å²) in [5.74, 6) is -0.500. The number of benzene rings is 1. The average Bonchev–Trinajstić information content (AvgIpc) is 2.08. The SMILES string of the molecule is Cc1cc(N)cc(S(=O)(=O)N=C(N)N)c1C. The highest BCUT2D eigenvalue weighted by atomic mass is 32.2. The van der Waals surface area contributed by atoms with Crippen LogP contribution in [0.1, 0.15) is 11.1 Å². The Morgan fingerprint density at radius 1 is 1.25 bits per heavy atom. The maximum atomic E-state index is 11.8. The molecule has 0 aliphatic rings. The quantitative estimate of drug-likeness (QED) is 0.378. The lowest BCUT2D eigenvalue weighted by Gasteiger charge is -2.08. The molecule has 0 heterocycles. The summed E-state index contributed by atoms with van der Waals surface area (Å²) in [6, 6.07) is 3.02. The summed E-state index contributed by atoms with van der Waals surface area (Å²) in [5, 5.41) is 0. The van der Waals surface area contributed by atoms with Crippen molar-refractivity contribution in [2.45, 2.75) is 18.7 Å². The van der Waals surface area contributed by atoms with Crippen molar-refractivity contribution in [3.63, 3.8) is 0 Å². The van der Waals surface area contributed by atoms with Gasteiger partial charge in [0.15, 0.2) is 0 Å². The largest absolute Gasteiger partial charge is 0.399 e. The first-order valence-corrected chi connectivity index (χ1v) is 5.90. The van der Waals surface area contributed by atoms with Gasteiger partial charge in [-0.05, 0) is 37.1 Å². The molecule has 1 aromatic carbocycles. The summed E-state index contributed by atoms with van der Waals surface area (Å²) in [6.07, 6.45) is 0. The number of rotatable bonds is 2. The van der Waals surface area contributed by atoms with Crippen LogP contribution >= 0.6 is 0 Å². The minimum atomic E-state index is -3.88. The highest BCUT2D eigenvalue weighted by Crippen LogP contribution is 2.23. The van der Waals surface area contributed by atoms with Crippen LogP contribution in [-0.4, -0.2) is 14.4 Å². The summed E-state index contributed by atoms with van der Waals surface area (Å²) in [4.78, 5) is 0.0263. The second kappa shape index (κ2) is 4.01. The molecule has 6 N–H and O–H groups in total. The third-order valence-corrected chi connectivity index (χ3v) is 3.58. The predicted molar refractivity (Wildman–Crippen MR) is 63.3 cm³/mol. The smallest absolute Gasteiger partial charge is 0.285 e. The molecule has 6 nitrogen and oxygen atoms in total. The molecular weight excluding hydrogens is 228 g/mol. The van der Waals surface area contributed by atoms with E-state index in [0.717, 1.165) is 5.56 Å². The van der Waals surface area contributed by atoms with Gasteiger partial charge in [-0.15, -0.1) is 4.40 Å². The molecule has 0 unspecified atom stereocenters. The summed E-state index contributed by atoms with van der Waals surface area (Å²) in [6.45, 7) is 3.43. The van der Waals surface area contributed by atoms with Crippen molar-refractivity contribution in [2.75, 3.05) is 5.73 Å². The molecule has 0 aliphatic carbocycles. The number of anilines is 1. The van der Waals surface area contributed by atoms with Gasteiger partial charge in [0, 0.05) is 5.69 Å². The van der Waals surface area contributed by atoms with Gasteiger partial charge in [0.05, 0.1) is 4.90 Å². The van der Waals surface area contributed by atoms with Gasteiger partial charge in [0.2, 0.25) is 5.96 Å². The molecule has 1 aromatic rings. The number of sulfonamides is 1. The number of nitrogen functional groups attached to an aromatic ring is 1. The maximum absolute atomic E-state index is 11.8. The van der Waals surface area contributed by atoms with Crippen LogP contribution < -0.4 is 17.2 Å². The Kier molecular flexibility index (Phi) is 3.09. The van der Waals surface area contributed by atoms with Crippen LogP contribution in [-0.2, 0) is 10.0 Å². The highest BCUT2D eigenvalue weighted by Gasteiger charge is 2.17. The Morgan fingerprint density at radius 2 is 1.81 bits per heavy atom. The average molecular weight is 242 g/mol. The van der Waals surface area contributed by atoms with Crippen molar-refractivity contribution >= 4 is 21.7 Å². The molecule has 0 bridgehead atoms. The van der Waals surface area contributed by atoms with Gasteiger partial charge in [-0.25, -0.2) is 0 Å². The van der Waals surface area contributed by atoms with E-state index in [2.05, 4.69) is 4.40 Å². The molecule has 0 spiro atoms. The molecular formula is C9H14N4O2S. The molecule has 0 amide bonds. The standard InChI is InChI=1S/C9H14N4O2S/c1-5-3-7(10)4-8(6(5)2)16(14,15)13-9(11)12/h3-4H,10H2,1-2H3,(H4,11,12,13). The number of nitrogens with two attached hydrogens (primary N) is 3. The molecule has 88 valence electrons. The molecule has 16 heavy (non-hydrogen) atoms. The topological polar surface area (TPSA) is 125 Å². The lowest BCUT2D eigenvalue weighted by Crippen LogP contribution is -2.24. The van der Waals surface area contributed by atoms with E-state index in [1.165, 1.54) is 6.07 Å². The van der Waals surface area contributed by atoms with E-state index < -0.39 is 16.0 Å². The fraction of sp³-hybridized carbons (Fsp3) is 0.222. The molecule has 0 atom stereocenters. The van der Waals surface area contributed by atoms with Gasteiger partial charge in [0.25, 0.3) is 10.0 Å². The van der Waals surface area contributed by atoms with Crippen molar-refractivity contribution in [1.82, 2.24) is 0 Å². The number of hydrogen-bond acceptors (Lipinski definition) is 3. The number of guanidine groups is 1. The van der Waals surface area contributed by atoms with Crippen molar-refractivity contribution in [1.29, 1.82) is 0 Å². The Morgan fingerprint density at radius 3 is 2.31 bits per heavy atom. The van der Waals surface area contributed by atoms with Gasteiger partial charge < -0.3 is 17.2 Å². The van der Waals surface area contributed by atoms with Crippen molar-refractivity contribution in [2.24, 2.45) is 15.9 Å². The Balaban J connectivity index is 3.51. The molecule has 1 rings (SSSR count). The fourth-order valence-corrected chi connectivity index (χ4v) is 2.52. The van der Waals surface area contributed by atoms with Crippen LogP contribution in [0.25, 0.3) is 0 Å². The second-order valence-electron chi connectivity index (χ2n) is 3.45. The van der Waals surface area contributed by atoms with Crippen LogP contribution in [0.4, 0.5) is 5.69 Å². The lowest BCUT2D eigenvalue weighted by atomic mass is 10.1. The Hall–Kier alpha value is -1.76. The van der Waals surface area contributed by atoms with Gasteiger partial charge in [-0.1, -0.05) is 0 Å². The normalized spacial score (nSPS) is 11.1. The Labute approximate surface area is 94.2 Å². The first-order chi connectivity index (χ1) is 7.24. The zero-order valence-corrected chi connectivity index (χ0v) is 9.88. The zero-order chi connectivity index (χ0) is 12.5. The molecule has 0 radical (unpaired) electrons. The van der Waals surface area contributed by atoms with Gasteiger partial charge in [-0.2, -0.15) is 8.42 Å². The summed E-state index contributed by atoms with van der Waals surface area (Å²) in [7, 11) is -3.88. The Bertz CT molecular complexity index is 545. The third-order valence-electron chi connectivity index (χ3n) is 2.15. The van der Waals surface area contributed by atoms with E-state index in [-0.39, 0.29) is 4.90 Å². The first kappa shape index (κ1) is 12.3. The zero-order valence-electron chi connectivity index (χ0n) is 9.06. The van der Waals surface area contributed by atoms with Crippen LogP contribution in [0.2, 0.25) is 0 Å². The van der Waals surface area contributed by atoms with Crippen molar-refractivity contribution < 1.29 is 8.42 Å². The van der Waals surface area contributed by atoms with Crippen LogP contribution in [0.15, 0.2) is 21.4 Å². The predicted octanol–water partition coefficient (Wildman–Crippen LogP) is -0.152. The minimum absolute atomic E-state index is 0.0263. The third kappa shape index (κ3) is 2.43. The first-order valence-electron chi connectivity index (χ1n) is 4.46. The highest BCUT2D eigenvalue weighted by molar-refractivity contribution is 7.90.